The highest BCUT2D eigenvalue weighted by Crippen LogP contribution is 2.34. The molecule has 2 rings (SSSR count). The number of esters is 1. The van der Waals surface area contributed by atoms with Crippen molar-refractivity contribution in [2.45, 2.75) is 43.8 Å². The summed E-state index contributed by atoms with van der Waals surface area (Å²) in [6.07, 6.45) is 4.45. The molecule has 0 aromatic rings. The van der Waals surface area contributed by atoms with Crippen LogP contribution in [0.3, 0.4) is 0 Å². The first-order valence-corrected chi connectivity index (χ1v) is 5.29. The molecule has 4 heteroatoms. The first-order valence-electron chi connectivity index (χ1n) is 5.29. The molecule has 0 saturated carbocycles. The Morgan fingerprint density at radius 3 is 2.50 bits per heavy atom. The highest BCUT2D eigenvalue weighted by atomic mass is 16.5. The first kappa shape index (κ1) is 9.93. The van der Waals surface area contributed by atoms with E-state index in [1.165, 1.54) is 20.0 Å². The van der Waals surface area contributed by atoms with Gasteiger partial charge >= 0.3 is 5.97 Å². The zero-order chi connectivity index (χ0) is 10.1. The van der Waals surface area contributed by atoms with E-state index < -0.39 is 0 Å². The van der Waals surface area contributed by atoms with E-state index >= 15 is 0 Å². The average Bonchev–Trinajstić information content (AvgIpc) is 2.41. The van der Waals surface area contributed by atoms with Crippen molar-refractivity contribution in [3.8, 4) is 0 Å². The van der Waals surface area contributed by atoms with Gasteiger partial charge in [-0.05, 0) is 25.7 Å². The Labute approximate surface area is 84.4 Å². The molecule has 2 bridgehead atoms. The molecule has 4 nitrogen and oxygen atoms in total. The molecule has 0 amide bonds. The smallest absolute Gasteiger partial charge is 0.319 e. The molecule has 2 aliphatic heterocycles. The molecule has 2 atom stereocenters. The maximum atomic E-state index is 11.2. The fraction of sp³-hybridized carbons (Fsp3) is 0.900. The normalized spacial score (nSPS) is 37.1. The van der Waals surface area contributed by atoms with Gasteiger partial charge in [0.1, 0.15) is 0 Å². The maximum absolute atomic E-state index is 11.2. The lowest BCUT2D eigenvalue weighted by molar-refractivity contribution is -0.143. The Morgan fingerprint density at radius 2 is 2.00 bits per heavy atom. The lowest BCUT2D eigenvalue weighted by atomic mass is 9.98. The molecule has 2 fully saturated rings. The van der Waals surface area contributed by atoms with Crippen molar-refractivity contribution in [1.29, 1.82) is 0 Å². The third kappa shape index (κ3) is 1.77. The van der Waals surface area contributed by atoms with E-state index in [0.717, 1.165) is 12.8 Å². The van der Waals surface area contributed by atoms with Crippen LogP contribution in [0.25, 0.3) is 0 Å². The third-order valence-electron chi connectivity index (χ3n) is 3.46. The molecule has 2 N–H and O–H groups in total. The third-order valence-corrected chi connectivity index (χ3v) is 3.46. The second kappa shape index (κ2) is 3.87. The van der Waals surface area contributed by atoms with Crippen LogP contribution in [0.15, 0.2) is 0 Å². The van der Waals surface area contributed by atoms with E-state index in [-0.39, 0.29) is 5.97 Å². The molecule has 0 aromatic carbocycles. The molecule has 0 aliphatic carbocycles. The van der Waals surface area contributed by atoms with Crippen molar-refractivity contribution in [2.75, 3.05) is 13.7 Å². The molecule has 2 aliphatic rings. The highest BCUT2D eigenvalue weighted by Gasteiger charge is 2.40. The van der Waals surface area contributed by atoms with E-state index in [1.807, 2.05) is 0 Å². The van der Waals surface area contributed by atoms with Gasteiger partial charge in [-0.15, -0.1) is 0 Å². The summed E-state index contributed by atoms with van der Waals surface area (Å²) in [5.74, 6) is -0.127. The summed E-state index contributed by atoms with van der Waals surface area (Å²) >= 11 is 0. The van der Waals surface area contributed by atoms with Crippen LogP contribution >= 0.6 is 0 Å². The van der Waals surface area contributed by atoms with Gasteiger partial charge in [-0.25, -0.2) is 0 Å². The Balaban J connectivity index is 1.97. The number of nitrogens with two attached hydrogens (primary N) is 1. The summed E-state index contributed by atoms with van der Waals surface area (Å²) in [7, 11) is 1.44. The Hall–Kier alpha value is -0.610. The van der Waals surface area contributed by atoms with Gasteiger partial charge in [-0.1, -0.05) is 0 Å². The molecule has 2 heterocycles. The fourth-order valence-electron chi connectivity index (χ4n) is 2.79. The van der Waals surface area contributed by atoms with Gasteiger partial charge < -0.3 is 10.5 Å². The number of carbonyl (C=O) groups excluding carboxylic acids is 1. The molecular weight excluding hydrogens is 180 g/mol. The molecule has 2 saturated heterocycles. The van der Waals surface area contributed by atoms with Gasteiger partial charge in [0, 0.05) is 18.1 Å². The minimum Gasteiger partial charge on any atom is -0.468 e. The second-order valence-electron chi connectivity index (χ2n) is 4.36. The van der Waals surface area contributed by atoms with E-state index in [1.54, 1.807) is 0 Å². The largest absolute Gasteiger partial charge is 0.468 e. The summed E-state index contributed by atoms with van der Waals surface area (Å²) in [6, 6.07) is 1.37. The number of fused-ring (bicyclic) bond motifs is 2. The van der Waals surface area contributed by atoms with Gasteiger partial charge in [0.15, 0.2) is 0 Å². The minimum absolute atomic E-state index is 0.127. The number of nitrogens with zero attached hydrogens (tertiary/aromatic N) is 1. The fourth-order valence-corrected chi connectivity index (χ4v) is 2.79. The van der Waals surface area contributed by atoms with Crippen LogP contribution in [0.5, 0.6) is 0 Å². The Bertz CT molecular complexity index is 218. The Kier molecular flexibility index (Phi) is 2.74. The molecule has 0 spiro atoms. The van der Waals surface area contributed by atoms with Gasteiger partial charge in [-0.2, -0.15) is 0 Å². The quantitative estimate of drug-likeness (QED) is 0.640. The SMILES string of the molecule is COC(=O)CN1C2CCC1CC(N)C2. The number of piperidine rings is 1. The van der Waals surface area contributed by atoms with Crippen molar-refractivity contribution < 1.29 is 9.53 Å². The van der Waals surface area contributed by atoms with Crippen LogP contribution in [0.2, 0.25) is 0 Å². The zero-order valence-corrected chi connectivity index (χ0v) is 8.61. The van der Waals surface area contributed by atoms with Crippen LogP contribution in [0.4, 0.5) is 0 Å². The zero-order valence-electron chi connectivity index (χ0n) is 8.61. The van der Waals surface area contributed by atoms with Crippen molar-refractivity contribution in [1.82, 2.24) is 4.90 Å². The number of methoxy groups -OCH3 is 1. The summed E-state index contributed by atoms with van der Waals surface area (Å²) in [4.78, 5) is 13.5. The standard InChI is InChI=1S/C10H18N2O2/c1-14-10(13)6-12-8-2-3-9(12)5-7(11)4-8/h7-9H,2-6,11H2,1H3. The summed E-state index contributed by atoms with van der Waals surface area (Å²) in [5.41, 5.74) is 5.94. The molecular formula is C10H18N2O2. The van der Waals surface area contributed by atoms with Gasteiger partial charge in [-0.3, -0.25) is 9.69 Å². The van der Waals surface area contributed by atoms with Gasteiger partial charge in [0.05, 0.1) is 13.7 Å². The predicted molar refractivity (Wildman–Crippen MR) is 52.7 cm³/mol. The summed E-state index contributed by atoms with van der Waals surface area (Å²) < 4.78 is 4.69. The van der Waals surface area contributed by atoms with Crippen LogP contribution < -0.4 is 5.73 Å². The Morgan fingerprint density at radius 1 is 1.43 bits per heavy atom. The predicted octanol–water partition coefficient (Wildman–Crippen LogP) is 0.113. The molecule has 2 unspecified atom stereocenters. The lowest BCUT2D eigenvalue weighted by Gasteiger charge is -2.36. The second-order valence-corrected chi connectivity index (χ2v) is 4.36. The number of carbonyl (C=O) groups is 1. The number of hydrogen-bond donors (Lipinski definition) is 1. The van der Waals surface area contributed by atoms with Crippen molar-refractivity contribution >= 4 is 5.97 Å². The number of ether oxygens (including phenoxy) is 1. The van der Waals surface area contributed by atoms with E-state index in [2.05, 4.69) is 4.90 Å². The van der Waals surface area contributed by atoms with Gasteiger partial charge in [0.25, 0.3) is 0 Å². The summed E-state index contributed by atoms with van der Waals surface area (Å²) in [6.45, 7) is 0.443. The average molecular weight is 198 g/mol. The van der Waals surface area contributed by atoms with E-state index in [9.17, 15) is 4.79 Å². The first-order chi connectivity index (χ1) is 6.70. The number of hydrogen-bond acceptors (Lipinski definition) is 4. The molecule has 0 radical (unpaired) electrons. The number of rotatable bonds is 2. The molecule has 80 valence electrons. The molecule has 14 heavy (non-hydrogen) atoms. The van der Waals surface area contributed by atoms with Gasteiger partial charge in [0.2, 0.25) is 0 Å². The van der Waals surface area contributed by atoms with Crippen molar-refractivity contribution in [3.05, 3.63) is 0 Å². The lowest BCUT2D eigenvalue weighted by Crippen LogP contribution is -2.49. The molecule has 0 aromatic heterocycles. The van der Waals surface area contributed by atoms with Crippen molar-refractivity contribution in [3.63, 3.8) is 0 Å². The van der Waals surface area contributed by atoms with Crippen LogP contribution in [-0.4, -0.2) is 42.6 Å². The highest BCUT2D eigenvalue weighted by molar-refractivity contribution is 5.71. The van der Waals surface area contributed by atoms with E-state index in [0.29, 0.717) is 24.7 Å². The van der Waals surface area contributed by atoms with E-state index in [4.69, 9.17) is 10.5 Å². The van der Waals surface area contributed by atoms with Crippen molar-refractivity contribution in [2.24, 2.45) is 5.73 Å². The summed E-state index contributed by atoms with van der Waals surface area (Å²) in [5, 5.41) is 0. The topological polar surface area (TPSA) is 55.6 Å². The monoisotopic (exact) mass is 198 g/mol. The minimum atomic E-state index is -0.127. The van der Waals surface area contributed by atoms with Crippen LogP contribution in [0, 0.1) is 0 Å². The van der Waals surface area contributed by atoms with Crippen LogP contribution in [0.1, 0.15) is 25.7 Å². The van der Waals surface area contributed by atoms with Crippen LogP contribution in [-0.2, 0) is 9.53 Å². The maximum Gasteiger partial charge on any atom is 0.319 e.